The molecule has 0 unspecified atom stereocenters. The van der Waals surface area contributed by atoms with E-state index >= 15 is 0 Å². The van der Waals surface area contributed by atoms with Gasteiger partial charge < -0.3 is 35.5 Å². The molecule has 2 aliphatic heterocycles. The summed E-state index contributed by atoms with van der Waals surface area (Å²) in [6.45, 7) is 0.367. The SMILES string of the molecule is N=c1ccc2c(-c3cc(S(N)(=O)=O)ccc3C(=O)N3CCC(C(=O)On4c(O)ccc4O)CC3)c3ccc(N)cc3oc-2c1. The van der Waals surface area contributed by atoms with Crippen molar-refractivity contribution in [1.82, 2.24) is 9.63 Å². The highest BCUT2D eigenvalue weighted by molar-refractivity contribution is 7.89. The molecule has 1 amide bonds. The Kier molecular flexibility index (Phi) is 7.02. The van der Waals surface area contributed by atoms with Crippen LogP contribution in [0.1, 0.15) is 23.2 Å². The van der Waals surface area contributed by atoms with Gasteiger partial charge in [-0.25, -0.2) is 18.4 Å². The number of fused-ring (bicyclic) bond motifs is 2. The van der Waals surface area contributed by atoms with E-state index in [1.807, 2.05) is 0 Å². The summed E-state index contributed by atoms with van der Waals surface area (Å²) in [6.07, 6.45) is 0.499. The molecular weight excluding hydrogens is 590 g/mol. The first-order valence-corrected chi connectivity index (χ1v) is 15.0. The fraction of sp³-hybridized carbons (Fsp3) is 0.167. The number of carbonyl (C=O) groups excluding carboxylic acids is 2. The van der Waals surface area contributed by atoms with Gasteiger partial charge >= 0.3 is 5.97 Å². The second-order valence-corrected chi connectivity index (χ2v) is 12.1. The summed E-state index contributed by atoms with van der Waals surface area (Å²) in [6, 6.07) is 16.1. The molecule has 0 radical (unpaired) electrons. The molecule has 0 spiro atoms. The summed E-state index contributed by atoms with van der Waals surface area (Å²) in [4.78, 5) is 33.2. The van der Waals surface area contributed by atoms with Crippen LogP contribution in [0.2, 0.25) is 0 Å². The molecular formula is C30H27N5O8S. The number of sulfonamides is 1. The van der Waals surface area contributed by atoms with Crippen LogP contribution in [0.5, 0.6) is 11.8 Å². The van der Waals surface area contributed by atoms with Crippen molar-refractivity contribution in [3.63, 3.8) is 0 Å². The highest BCUT2D eigenvalue weighted by atomic mass is 32.2. The van der Waals surface area contributed by atoms with Crippen molar-refractivity contribution >= 4 is 38.6 Å². The van der Waals surface area contributed by atoms with Crippen molar-refractivity contribution in [2.24, 2.45) is 11.1 Å². The molecule has 0 atom stereocenters. The van der Waals surface area contributed by atoms with Crippen molar-refractivity contribution in [2.75, 3.05) is 18.8 Å². The zero-order valence-electron chi connectivity index (χ0n) is 23.1. The Morgan fingerprint density at radius 2 is 1.64 bits per heavy atom. The summed E-state index contributed by atoms with van der Waals surface area (Å²) in [5, 5.41) is 33.9. The maximum absolute atomic E-state index is 14.0. The second kappa shape index (κ2) is 10.7. The number of aromatic nitrogens is 1. The van der Waals surface area contributed by atoms with Crippen LogP contribution in [0.25, 0.3) is 33.4 Å². The molecule has 226 valence electrons. The van der Waals surface area contributed by atoms with Crippen LogP contribution in [0.4, 0.5) is 5.69 Å². The minimum absolute atomic E-state index is 0.184. The number of carbonyl (C=O) groups is 2. The smallest absolute Gasteiger partial charge is 0.336 e. The van der Waals surface area contributed by atoms with E-state index in [4.69, 9.17) is 25.5 Å². The number of nitrogens with zero attached hydrogens (tertiary/aromatic N) is 2. The molecule has 7 N–H and O–H groups in total. The van der Waals surface area contributed by atoms with E-state index in [2.05, 4.69) is 0 Å². The first-order chi connectivity index (χ1) is 20.9. The van der Waals surface area contributed by atoms with E-state index < -0.39 is 39.6 Å². The Hall–Kier alpha value is -5.34. The Morgan fingerprint density at radius 1 is 0.932 bits per heavy atom. The third-order valence-electron chi connectivity index (χ3n) is 7.66. The quantitative estimate of drug-likeness (QED) is 0.144. The third-order valence-corrected chi connectivity index (χ3v) is 8.57. The number of rotatable bonds is 5. The van der Waals surface area contributed by atoms with E-state index in [0.717, 1.165) is 0 Å². The highest BCUT2D eigenvalue weighted by Gasteiger charge is 2.32. The second-order valence-electron chi connectivity index (χ2n) is 10.5. The average molecular weight is 618 g/mol. The fourth-order valence-electron chi connectivity index (χ4n) is 5.44. The maximum atomic E-state index is 14.0. The molecule has 1 saturated heterocycles. The molecule has 2 aromatic carbocycles. The minimum Gasteiger partial charge on any atom is -0.492 e. The van der Waals surface area contributed by atoms with Gasteiger partial charge in [0, 0.05) is 65.1 Å². The molecule has 13 nitrogen and oxygen atoms in total. The standard InChI is InChI=1S/C30H27N5O8S/c31-17-1-4-21-24(13-17)42-25-14-18(32)2-5-22(25)28(21)23-15-19(44(33,40)41)3-6-20(23)29(38)34-11-9-16(10-12-34)30(39)43-35-26(36)7-8-27(35)37/h1-8,13-16,31,36-37H,9-12,32H2,(H2,33,40,41). The average Bonchev–Trinajstić information content (AvgIpc) is 3.30. The predicted molar refractivity (Wildman–Crippen MR) is 158 cm³/mol. The number of nitrogens with one attached hydrogen (secondary N) is 1. The van der Waals surface area contributed by atoms with Crippen molar-refractivity contribution in [2.45, 2.75) is 17.7 Å². The van der Waals surface area contributed by atoms with Gasteiger partial charge in [0.25, 0.3) is 5.91 Å². The molecule has 0 bridgehead atoms. The number of hydrogen-bond donors (Lipinski definition) is 5. The number of piperidine rings is 1. The van der Waals surface area contributed by atoms with Gasteiger partial charge in [-0.3, -0.25) is 4.79 Å². The number of benzene rings is 3. The number of anilines is 1. The molecule has 6 rings (SSSR count). The molecule has 3 aliphatic rings. The summed E-state index contributed by atoms with van der Waals surface area (Å²) in [7, 11) is -4.15. The van der Waals surface area contributed by atoms with E-state index in [-0.39, 0.29) is 47.3 Å². The number of aromatic hydroxyl groups is 2. The Balaban J connectivity index is 1.39. The Labute approximate surface area is 250 Å². The number of likely N-dealkylation sites (tertiary alicyclic amines) is 1. The molecule has 0 saturated carbocycles. The molecule has 1 aromatic heterocycles. The van der Waals surface area contributed by atoms with Crippen LogP contribution < -0.4 is 21.1 Å². The molecule has 1 fully saturated rings. The lowest BCUT2D eigenvalue weighted by molar-refractivity contribution is -0.151. The Morgan fingerprint density at radius 3 is 2.32 bits per heavy atom. The van der Waals surface area contributed by atoms with Crippen molar-refractivity contribution < 1.29 is 37.5 Å². The number of amides is 1. The first kappa shape index (κ1) is 28.8. The molecule has 3 heterocycles. The number of hydrogen-bond acceptors (Lipinski definition) is 10. The monoisotopic (exact) mass is 617 g/mol. The summed E-state index contributed by atoms with van der Waals surface area (Å²) >= 11 is 0. The van der Waals surface area contributed by atoms with Gasteiger partial charge in [-0.15, -0.1) is 4.73 Å². The normalized spacial score (nSPS) is 14.2. The van der Waals surface area contributed by atoms with Crippen LogP contribution in [0, 0.1) is 11.3 Å². The zero-order chi connectivity index (χ0) is 31.3. The van der Waals surface area contributed by atoms with Crippen molar-refractivity contribution in [3.8, 4) is 34.2 Å². The molecule has 14 heteroatoms. The van der Waals surface area contributed by atoms with Gasteiger partial charge in [0.15, 0.2) is 0 Å². The minimum atomic E-state index is -4.15. The van der Waals surface area contributed by atoms with Gasteiger partial charge in [-0.1, -0.05) is 0 Å². The van der Waals surface area contributed by atoms with E-state index in [1.54, 1.807) is 35.2 Å². The first-order valence-electron chi connectivity index (χ1n) is 13.5. The van der Waals surface area contributed by atoms with Crippen molar-refractivity contribution in [1.29, 1.82) is 5.41 Å². The highest BCUT2D eigenvalue weighted by Crippen LogP contribution is 2.42. The van der Waals surface area contributed by atoms with E-state index in [9.17, 15) is 28.2 Å². The lowest BCUT2D eigenvalue weighted by atomic mass is 9.89. The van der Waals surface area contributed by atoms with Crippen LogP contribution in [0.15, 0.2) is 76.0 Å². The number of primary sulfonamides is 1. The van der Waals surface area contributed by atoms with Crippen LogP contribution in [0.3, 0.4) is 0 Å². The van der Waals surface area contributed by atoms with Crippen molar-refractivity contribution in [3.05, 3.63) is 77.7 Å². The number of nitrogens with two attached hydrogens (primary N) is 2. The van der Waals surface area contributed by atoms with Crippen LogP contribution in [-0.4, -0.2) is 53.2 Å². The largest absolute Gasteiger partial charge is 0.492 e. The molecule has 1 aliphatic carbocycles. The van der Waals surface area contributed by atoms with Gasteiger partial charge in [0.2, 0.25) is 21.8 Å². The summed E-state index contributed by atoms with van der Waals surface area (Å²) in [5.74, 6) is -2.20. The summed E-state index contributed by atoms with van der Waals surface area (Å²) in [5.41, 5.74) is 8.33. The van der Waals surface area contributed by atoms with Gasteiger partial charge in [-0.05, 0) is 60.9 Å². The fourth-order valence-corrected chi connectivity index (χ4v) is 5.98. The third kappa shape index (κ3) is 5.20. The van der Waals surface area contributed by atoms with Crippen LogP contribution in [-0.2, 0) is 14.8 Å². The molecule has 3 aromatic rings. The van der Waals surface area contributed by atoms with E-state index in [0.29, 0.717) is 38.3 Å². The van der Waals surface area contributed by atoms with Crippen LogP contribution >= 0.6 is 0 Å². The summed E-state index contributed by atoms with van der Waals surface area (Å²) < 4.78 is 31.5. The lowest BCUT2D eigenvalue weighted by Gasteiger charge is -2.31. The predicted octanol–water partition coefficient (Wildman–Crippen LogP) is 2.63. The van der Waals surface area contributed by atoms with Gasteiger partial charge in [-0.2, -0.15) is 0 Å². The topological polar surface area (TPSA) is 215 Å². The zero-order valence-corrected chi connectivity index (χ0v) is 23.9. The number of nitrogen functional groups attached to an aromatic ring is 1. The Bertz CT molecular complexity index is 2070. The maximum Gasteiger partial charge on any atom is 0.336 e. The van der Waals surface area contributed by atoms with Gasteiger partial charge in [0.1, 0.15) is 11.3 Å². The van der Waals surface area contributed by atoms with E-state index in [1.165, 1.54) is 36.4 Å². The lowest BCUT2D eigenvalue weighted by Crippen LogP contribution is -2.42. The molecule has 44 heavy (non-hydrogen) atoms. The van der Waals surface area contributed by atoms with Gasteiger partial charge in [0.05, 0.1) is 16.2 Å².